The quantitative estimate of drug-likeness (QED) is 0.137. The van der Waals surface area contributed by atoms with Crippen LogP contribution in [0, 0.1) is 13.8 Å². The van der Waals surface area contributed by atoms with Gasteiger partial charge in [0, 0.05) is 16.8 Å². The van der Waals surface area contributed by atoms with E-state index in [0.717, 1.165) is 0 Å². The van der Waals surface area contributed by atoms with Gasteiger partial charge in [0.25, 0.3) is 0 Å². The van der Waals surface area contributed by atoms with Gasteiger partial charge in [-0.05, 0) is 48.6 Å². The van der Waals surface area contributed by atoms with Crippen molar-refractivity contribution in [3.05, 3.63) is 65.9 Å². The van der Waals surface area contributed by atoms with E-state index in [4.69, 9.17) is 0 Å². The normalized spacial score (nSPS) is 13.0. The summed E-state index contributed by atoms with van der Waals surface area (Å²) < 4.78 is 4.87. The predicted octanol–water partition coefficient (Wildman–Crippen LogP) is 5.98. The van der Waals surface area contributed by atoms with Crippen molar-refractivity contribution in [3.63, 3.8) is 0 Å². The van der Waals surface area contributed by atoms with E-state index < -0.39 is 8.07 Å². The van der Waals surface area contributed by atoms with Gasteiger partial charge in [0.1, 0.15) is 7.05 Å². The standard InChI is InChI=1S/C27H27N2Si/c1-16-13-21-20-9-7-8-10-22(20)29-23-15-19(30(4,5)6)14-18-11-12-28(3)27(25(18)23)24(17(16)2)26(21)29/h7-15H,1-6H3/q+1. The number of hydrogen-bond donors (Lipinski definition) is 0. The van der Waals surface area contributed by atoms with Crippen LogP contribution in [0.4, 0.5) is 0 Å². The Labute approximate surface area is 177 Å². The molecule has 6 rings (SSSR count). The minimum atomic E-state index is -1.47. The lowest BCUT2D eigenvalue weighted by Crippen LogP contribution is -2.38. The number of pyridine rings is 2. The molecule has 0 aliphatic rings. The third kappa shape index (κ3) is 2.11. The predicted molar refractivity (Wildman–Crippen MR) is 132 cm³/mol. The number of hydrogen-bond acceptors (Lipinski definition) is 0. The third-order valence-corrected chi connectivity index (χ3v) is 9.06. The highest BCUT2D eigenvalue weighted by molar-refractivity contribution is 6.89. The van der Waals surface area contributed by atoms with Gasteiger partial charge in [0.05, 0.1) is 35.4 Å². The van der Waals surface area contributed by atoms with Crippen molar-refractivity contribution in [2.75, 3.05) is 0 Å². The van der Waals surface area contributed by atoms with Gasteiger partial charge in [0.15, 0.2) is 6.20 Å². The highest BCUT2D eigenvalue weighted by atomic mass is 28.3. The lowest BCUT2D eigenvalue weighted by molar-refractivity contribution is -0.643. The summed E-state index contributed by atoms with van der Waals surface area (Å²) >= 11 is 0. The maximum Gasteiger partial charge on any atom is 0.224 e. The SMILES string of the molecule is Cc1cc2c3ccccc3n3c4cc([Si](C)(C)C)cc5cc[n+](C)c(c(c1C)c23)c54. The number of fused-ring (bicyclic) bond motifs is 5. The van der Waals surface area contributed by atoms with E-state index in [9.17, 15) is 0 Å². The molecule has 0 amide bonds. The van der Waals surface area contributed by atoms with Crippen LogP contribution in [-0.4, -0.2) is 12.5 Å². The van der Waals surface area contributed by atoms with Crippen molar-refractivity contribution in [2.24, 2.45) is 7.05 Å². The van der Waals surface area contributed by atoms with Crippen molar-refractivity contribution in [1.82, 2.24) is 4.40 Å². The Morgan fingerprint density at radius 2 is 1.60 bits per heavy atom. The number of aromatic nitrogens is 2. The van der Waals surface area contributed by atoms with Crippen molar-refractivity contribution in [2.45, 2.75) is 33.5 Å². The molecule has 0 atom stereocenters. The van der Waals surface area contributed by atoms with Crippen LogP contribution in [0.25, 0.3) is 49.0 Å². The highest BCUT2D eigenvalue weighted by Crippen LogP contribution is 2.41. The third-order valence-electron chi connectivity index (χ3n) is 7.04. The van der Waals surface area contributed by atoms with Gasteiger partial charge in [-0.25, -0.2) is 4.57 Å². The fraction of sp³-hybridized carbons (Fsp3) is 0.222. The molecule has 2 nitrogen and oxygen atoms in total. The molecule has 3 aromatic carbocycles. The molecule has 3 heteroatoms. The van der Waals surface area contributed by atoms with E-state index in [1.54, 1.807) is 0 Å². The topological polar surface area (TPSA) is 8.29 Å². The van der Waals surface area contributed by atoms with Gasteiger partial charge < -0.3 is 4.40 Å². The molecule has 3 heterocycles. The van der Waals surface area contributed by atoms with Gasteiger partial charge in [-0.1, -0.05) is 49.1 Å². The molecule has 0 saturated carbocycles. The van der Waals surface area contributed by atoms with E-state index in [-0.39, 0.29) is 0 Å². The molecule has 0 bridgehead atoms. The zero-order chi connectivity index (χ0) is 20.9. The van der Waals surface area contributed by atoms with E-state index in [1.807, 2.05) is 0 Å². The summed E-state index contributed by atoms with van der Waals surface area (Å²) in [5.74, 6) is 0. The molecule has 30 heavy (non-hydrogen) atoms. The average Bonchev–Trinajstić information content (AvgIpc) is 3.03. The molecule has 148 valence electrons. The fourth-order valence-electron chi connectivity index (χ4n) is 5.29. The number of rotatable bonds is 1. The summed E-state index contributed by atoms with van der Waals surface area (Å²) in [6, 6.07) is 18.5. The van der Waals surface area contributed by atoms with E-state index in [2.05, 4.69) is 104 Å². The second-order valence-electron chi connectivity index (χ2n) is 9.93. The molecule has 0 aliphatic carbocycles. The van der Waals surface area contributed by atoms with Crippen molar-refractivity contribution in [3.8, 4) is 0 Å². The summed E-state index contributed by atoms with van der Waals surface area (Å²) in [6.45, 7) is 11.9. The van der Waals surface area contributed by atoms with Crippen LogP contribution < -0.4 is 9.75 Å². The van der Waals surface area contributed by atoms with Gasteiger partial charge in [0.2, 0.25) is 5.52 Å². The van der Waals surface area contributed by atoms with Crippen LogP contribution in [-0.2, 0) is 7.05 Å². The lowest BCUT2D eigenvalue weighted by Gasteiger charge is -2.20. The first kappa shape index (κ1) is 17.9. The summed E-state index contributed by atoms with van der Waals surface area (Å²) in [6.07, 6.45) is 2.24. The second-order valence-corrected chi connectivity index (χ2v) is 15.0. The Bertz CT molecular complexity index is 1650. The highest BCUT2D eigenvalue weighted by Gasteiger charge is 2.26. The Kier molecular flexibility index (Phi) is 3.35. The molecule has 0 radical (unpaired) electrons. The monoisotopic (exact) mass is 407 g/mol. The Hall–Kier alpha value is -2.91. The second kappa shape index (κ2) is 5.61. The van der Waals surface area contributed by atoms with E-state index in [1.165, 1.54) is 65.3 Å². The maximum atomic E-state index is 2.55. The molecule has 0 saturated heterocycles. The van der Waals surface area contributed by atoms with Gasteiger partial charge in [-0.15, -0.1) is 0 Å². The van der Waals surface area contributed by atoms with Crippen LogP contribution in [0.5, 0.6) is 0 Å². The van der Waals surface area contributed by atoms with Crippen molar-refractivity contribution in [1.29, 1.82) is 0 Å². The molecule has 3 aromatic heterocycles. The fourth-order valence-corrected chi connectivity index (χ4v) is 6.45. The molecule has 0 spiro atoms. The summed E-state index contributed by atoms with van der Waals surface area (Å²) in [5, 5.41) is 8.36. The minimum Gasteiger partial charge on any atom is -0.307 e. The van der Waals surface area contributed by atoms with E-state index in [0.29, 0.717) is 0 Å². The van der Waals surface area contributed by atoms with Gasteiger partial charge in [-0.2, -0.15) is 0 Å². The maximum absolute atomic E-state index is 2.55. The lowest BCUT2D eigenvalue weighted by atomic mass is 9.96. The molecule has 0 fully saturated rings. The van der Waals surface area contributed by atoms with Crippen molar-refractivity contribution < 1.29 is 4.57 Å². The molecule has 0 aliphatic heterocycles. The van der Waals surface area contributed by atoms with E-state index >= 15 is 0 Å². The van der Waals surface area contributed by atoms with Crippen molar-refractivity contribution >= 4 is 62.3 Å². The largest absolute Gasteiger partial charge is 0.307 e. The molecule has 6 aromatic rings. The number of para-hydroxylation sites is 1. The van der Waals surface area contributed by atoms with Crippen LogP contribution >= 0.6 is 0 Å². The minimum absolute atomic E-state index is 1.31. The zero-order valence-corrected chi connectivity index (χ0v) is 19.6. The first-order valence-electron chi connectivity index (χ1n) is 10.8. The first-order chi connectivity index (χ1) is 14.3. The Morgan fingerprint density at radius 1 is 0.833 bits per heavy atom. The van der Waals surface area contributed by atoms with Crippen LogP contribution in [0.3, 0.4) is 0 Å². The first-order valence-corrected chi connectivity index (χ1v) is 14.3. The van der Waals surface area contributed by atoms with Gasteiger partial charge >= 0.3 is 0 Å². The zero-order valence-electron chi connectivity index (χ0n) is 18.6. The number of aryl methyl sites for hydroxylation is 3. The Morgan fingerprint density at radius 3 is 2.37 bits per heavy atom. The molecular weight excluding hydrogens is 380 g/mol. The molecular formula is C27H27N2Si+. The van der Waals surface area contributed by atoms with Crippen LogP contribution in [0.1, 0.15) is 11.1 Å². The summed E-state index contributed by atoms with van der Waals surface area (Å²) in [7, 11) is 0.724. The number of nitrogens with zero attached hydrogens (tertiary/aromatic N) is 2. The van der Waals surface area contributed by atoms with Crippen LogP contribution in [0.15, 0.2) is 54.7 Å². The molecule has 0 unspecified atom stereocenters. The Balaban J connectivity index is 2.09. The van der Waals surface area contributed by atoms with Crippen LogP contribution in [0.2, 0.25) is 19.6 Å². The molecule has 0 N–H and O–H groups in total. The average molecular weight is 408 g/mol. The summed E-state index contributed by atoms with van der Waals surface area (Å²) in [4.78, 5) is 0. The smallest absolute Gasteiger partial charge is 0.224 e. The van der Waals surface area contributed by atoms with Gasteiger partial charge in [-0.3, -0.25) is 0 Å². The number of benzene rings is 3. The summed E-state index contributed by atoms with van der Waals surface area (Å²) in [5.41, 5.74) is 8.12.